The van der Waals surface area contributed by atoms with Crippen molar-refractivity contribution in [3.8, 4) is 5.75 Å². The Bertz CT molecular complexity index is 561. The van der Waals surface area contributed by atoms with E-state index in [1.165, 1.54) is 25.4 Å². The highest BCUT2D eigenvalue weighted by Crippen LogP contribution is 2.26. The van der Waals surface area contributed by atoms with E-state index in [4.69, 9.17) is 5.73 Å². The van der Waals surface area contributed by atoms with E-state index in [0.717, 1.165) is 0 Å². The molecule has 82 valence electrons. The number of methoxy groups -OCH3 is 1. The molecule has 1 aromatic carbocycles. The summed E-state index contributed by atoms with van der Waals surface area (Å²) in [4.78, 5) is 15.6. The first kappa shape index (κ1) is 10.2. The van der Waals surface area contributed by atoms with E-state index in [9.17, 15) is 9.90 Å². The van der Waals surface area contributed by atoms with E-state index in [2.05, 4.69) is 9.72 Å². The topological polar surface area (TPSA) is 85.4 Å². The number of ether oxygens (including phenoxy) is 1. The second-order valence-corrected chi connectivity index (χ2v) is 3.28. The molecular weight excluding hydrogens is 208 g/mol. The number of pyridine rings is 1. The molecule has 0 radical (unpaired) electrons. The first-order chi connectivity index (χ1) is 7.63. The monoisotopic (exact) mass is 218 g/mol. The predicted octanol–water partition coefficient (Wildman–Crippen LogP) is 1.31. The summed E-state index contributed by atoms with van der Waals surface area (Å²) < 4.78 is 4.64. The number of esters is 1. The molecule has 1 heterocycles. The fraction of sp³-hybridized carbons (Fsp3) is 0.0909. The summed E-state index contributed by atoms with van der Waals surface area (Å²) in [5, 5.41) is 9.86. The number of carbonyl (C=O) groups excluding carboxylic acids is 1. The van der Waals surface area contributed by atoms with Crippen molar-refractivity contribution in [2.24, 2.45) is 0 Å². The number of phenolic OH excluding ortho intramolecular Hbond substituents is 1. The lowest BCUT2D eigenvalue weighted by Gasteiger charge is -2.07. The highest BCUT2D eigenvalue weighted by Gasteiger charge is 2.15. The van der Waals surface area contributed by atoms with E-state index in [1.807, 2.05) is 0 Å². The van der Waals surface area contributed by atoms with Gasteiger partial charge in [0.25, 0.3) is 0 Å². The van der Waals surface area contributed by atoms with Gasteiger partial charge >= 0.3 is 5.97 Å². The lowest BCUT2D eigenvalue weighted by atomic mass is 10.1. The molecule has 0 atom stereocenters. The fourth-order valence-corrected chi connectivity index (χ4v) is 1.53. The van der Waals surface area contributed by atoms with Crippen LogP contribution in [-0.2, 0) is 4.74 Å². The fourth-order valence-electron chi connectivity index (χ4n) is 1.53. The van der Waals surface area contributed by atoms with Gasteiger partial charge in [-0.2, -0.15) is 0 Å². The van der Waals surface area contributed by atoms with E-state index >= 15 is 0 Å². The minimum atomic E-state index is -0.546. The number of rotatable bonds is 1. The molecule has 0 unspecified atom stereocenters. The van der Waals surface area contributed by atoms with Crippen LogP contribution in [0, 0.1) is 0 Å². The van der Waals surface area contributed by atoms with Crippen molar-refractivity contribution < 1.29 is 14.6 Å². The van der Waals surface area contributed by atoms with Crippen LogP contribution in [0.2, 0.25) is 0 Å². The van der Waals surface area contributed by atoms with Crippen molar-refractivity contribution in [3.63, 3.8) is 0 Å². The van der Waals surface area contributed by atoms with Gasteiger partial charge in [-0.05, 0) is 18.2 Å². The number of aromatic hydroxyl groups is 1. The summed E-state index contributed by atoms with van der Waals surface area (Å²) in [6, 6.07) is 4.54. The van der Waals surface area contributed by atoms with Gasteiger partial charge in [0.15, 0.2) is 0 Å². The highest BCUT2D eigenvalue weighted by molar-refractivity contribution is 6.08. The quantitative estimate of drug-likeness (QED) is 0.705. The van der Waals surface area contributed by atoms with Gasteiger partial charge in [-0.1, -0.05) is 0 Å². The van der Waals surface area contributed by atoms with Crippen molar-refractivity contribution in [1.29, 1.82) is 0 Å². The number of nitrogens with zero attached hydrogens (tertiary/aromatic N) is 1. The molecule has 0 saturated carbocycles. The molecule has 0 amide bonds. The molecule has 2 aromatic rings. The van der Waals surface area contributed by atoms with E-state index in [1.54, 1.807) is 6.07 Å². The Morgan fingerprint density at radius 3 is 2.94 bits per heavy atom. The molecule has 0 aliphatic rings. The third kappa shape index (κ3) is 1.52. The largest absolute Gasteiger partial charge is 0.508 e. The number of hydrogen-bond donors (Lipinski definition) is 2. The van der Waals surface area contributed by atoms with Gasteiger partial charge in [-0.3, -0.25) is 4.98 Å². The minimum absolute atomic E-state index is 0.0463. The number of phenols is 1. The van der Waals surface area contributed by atoms with Gasteiger partial charge < -0.3 is 15.6 Å². The molecule has 2 rings (SSSR count). The number of nitrogen functional groups attached to an aromatic ring is 1. The molecule has 5 heteroatoms. The van der Waals surface area contributed by atoms with Gasteiger partial charge in [0.05, 0.1) is 30.1 Å². The van der Waals surface area contributed by atoms with Crippen LogP contribution in [0.15, 0.2) is 24.4 Å². The SMILES string of the molecule is COC(=O)c1c(N)cnc2ccc(O)cc12. The van der Waals surface area contributed by atoms with E-state index in [0.29, 0.717) is 10.9 Å². The Kier molecular flexibility index (Phi) is 2.36. The van der Waals surface area contributed by atoms with Crippen LogP contribution < -0.4 is 5.73 Å². The molecule has 3 N–H and O–H groups in total. The van der Waals surface area contributed by atoms with Crippen molar-refractivity contribution in [2.45, 2.75) is 0 Å². The molecule has 0 bridgehead atoms. The van der Waals surface area contributed by atoms with Gasteiger partial charge in [0.1, 0.15) is 5.75 Å². The Hall–Kier alpha value is -2.30. The molecule has 16 heavy (non-hydrogen) atoms. The second-order valence-electron chi connectivity index (χ2n) is 3.28. The van der Waals surface area contributed by atoms with Gasteiger partial charge in [-0.25, -0.2) is 4.79 Å². The first-order valence-electron chi connectivity index (χ1n) is 4.59. The summed E-state index contributed by atoms with van der Waals surface area (Å²) in [6.45, 7) is 0. The van der Waals surface area contributed by atoms with Crippen LogP contribution in [0.1, 0.15) is 10.4 Å². The minimum Gasteiger partial charge on any atom is -0.508 e. The third-order valence-corrected chi connectivity index (χ3v) is 2.27. The molecule has 0 spiro atoms. The third-order valence-electron chi connectivity index (χ3n) is 2.27. The average Bonchev–Trinajstić information content (AvgIpc) is 2.28. The zero-order valence-electron chi connectivity index (χ0n) is 8.60. The number of carbonyl (C=O) groups is 1. The maximum absolute atomic E-state index is 11.5. The summed E-state index contributed by atoms with van der Waals surface area (Å²) in [5.74, 6) is -0.499. The predicted molar refractivity (Wildman–Crippen MR) is 59.2 cm³/mol. The van der Waals surface area contributed by atoms with Crippen molar-refractivity contribution >= 4 is 22.6 Å². The molecule has 0 aliphatic carbocycles. The number of anilines is 1. The second kappa shape index (κ2) is 3.69. The zero-order chi connectivity index (χ0) is 11.7. The van der Waals surface area contributed by atoms with Crippen molar-refractivity contribution in [1.82, 2.24) is 4.98 Å². The molecular formula is C11H10N2O3. The number of fused-ring (bicyclic) bond motifs is 1. The number of hydrogen-bond acceptors (Lipinski definition) is 5. The smallest absolute Gasteiger partial charge is 0.340 e. The zero-order valence-corrected chi connectivity index (χ0v) is 8.60. The van der Waals surface area contributed by atoms with Gasteiger partial charge in [0, 0.05) is 5.39 Å². The standard InChI is InChI=1S/C11H10N2O3/c1-16-11(15)10-7-4-6(14)2-3-9(7)13-5-8(10)12/h2-5,14H,12H2,1H3. The van der Waals surface area contributed by atoms with Crippen LogP contribution in [0.4, 0.5) is 5.69 Å². The van der Waals surface area contributed by atoms with Crippen LogP contribution in [-0.4, -0.2) is 23.2 Å². The van der Waals surface area contributed by atoms with E-state index < -0.39 is 5.97 Å². The Morgan fingerprint density at radius 1 is 1.50 bits per heavy atom. The molecule has 5 nitrogen and oxygen atoms in total. The van der Waals surface area contributed by atoms with Crippen LogP contribution >= 0.6 is 0 Å². The van der Waals surface area contributed by atoms with Crippen LogP contribution in [0.5, 0.6) is 5.75 Å². The molecule has 1 aromatic heterocycles. The first-order valence-corrected chi connectivity index (χ1v) is 4.59. The summed E-state index contributed by atoms with van der Waals surface area (Å²) in [6.07, 6.45) is 1.39. The lowest BCUT2D eigenvalue weighted by molar-refractivity contribution is 0.0604. The summed E-state index contributed by atoms with van der Waals surface area (Å²) in [7, 11) is 1.27. The van der Waals surface area contributed by atoms with Crippen molar-refractivity contribution in [3.05, 3.63) is 30.0 Å². The number of benzene rings is 1. The molecule has 0 saturated heterocycles. The summed E-state index contributed by atoms with van der Waals surface area (Å²) >= 11 is 0. The van der Waals surface area contributed by atoms with Crippen LogP contribution in [0.25, 0.3) is 10.9 Å². The Balaban J connectivity index is 2.82. The number of nitrogens with two attached hydrogens (primary N) is 1. The van der Waals surface area contributed by atoms with Crippen LogP contribution in [0.3, 0.4) is 0 Å². The molecule has 0 aliphatic heterocycles. The summed E-state index contributed by atoms with van der Waals surface area (Å²) in [5.41, 5.74) is 6.70. The van der Waals surface area contributed by atoms with Crippen molar-refractivity contribution in [2.75, 3.05) is 12.8 Å². The normalized spacial score (nSPS) is 10.3. The maximum Gasteiger partial charge on any atom is 0.340 e. The van der Waals surface area contributed by atoms with Gasteiger partial charge in [0.2, 0.25) is 0 Å². The number of aromatic nitrogens is 1. The average molecular weight is 218 g/mol. The lowest BCUT2D eigenvalue weighted by Crippen LogP contribution is -2.07. The molecule has 0 fully saturated rings. The van der Waals surface area contributed by atoms with Gasteiger partial charge in [-0.15, -0.1) is 0 Å². The highest BCUT2D eigenvalue weighted by atomic mass is 16.5. The Morgan fingerprint density at radius 2 is 2.25 bits per heavy atom. The van der Waals surface area contributed by atoms with E-state index in [-0.39, 0.29) is 17.0 Å². The Labute approximate surface area is 91.5 Å². The maximum atomic E-state index is 11.5.